The Balaban J connectivity index is 2.88. The molecule has 1 aromatic rings. The van der Waals surface area contributed by atoms with E-state index in [1.807, 2.05) is 0 Å². The maximum Gasteiger partial charge on any atom is -0.0273 e. The van der Waals surface area contributed by atoms with Gasteiger partial charge in [-0.1, -0.05) is 90.7 Å². The predicted octanol–water partition coefficient (Wildman–Crippen LogP) is 8.43. The molecule has 0 fully saturated rings. The molecule has 1 radical (unpaired) electrons. The summed E-state index contributed by atoms with van der Waals surface area (Å²) in [6.07, 6.45) is 21.1. The summed E-state index contributed by atoms with van der Waals surface area (Å²) in [5, 5.41) is 0. The van der Waals surface area contributed by atoms with Crippen molar-refractivity contribution in [3.63, 3.8) is 0 Å². The van der Waals surface area contributed by atoms with Crippen molar-refractivity contribution in [3.8, 4) is 0 Å². The molecular formula is C26H45. The van der Waals surface area contributed by atoms with Gasteiger partial charge in [-0.15, -0.1) is 0 Å². The van der Waals surface area contributed by atoms with Crippen molar-refractivity contribution in [1.82, 2.24) is 0 Å². The summed E-state index contributed by atoms with van der Waals surface area (Å²) >= 11 is 0. The van der Waals surface area contributed by atoms with Crippen LogP contribution in [0.3, 0.4) is 0 Å². The SMILES string of the molecule is [CH2]Cc1cc(CCCCCC)c(CCCCCC)c(CCCCCC)c1. The smallest absolute Gasteiger partial charge is 0.0273 e. The van der Waals surface area contributed by atoms with Crippen LogP contribution in [0.4, 0.5) is 0 Å². The quantitative estimate of drug-likeness (QED) is 0.260. The highest BCUT2D eigenvalue weighted by molar-refractivity contribution is 5.40. The van der Waals surface area contributed by atoms with Crippen LogP contribution in [0.1, 0.15) is 120 Å². The number of hydrogen-bond donors (Lipinski definition) is 0. The summed E-state index contributed by atoms with van der Waals surface area (Å²) in [6, 6.07) is 4.98. The summed E-state index contributed by atoms with van der Waals surface area (Å²) in [6.45, 7) is 11.1. The molecule has 0 atom stereocenters. The summed E-state index contributed by atoms with van der Waals surface area (Å²) in [5.74, 6) is 0. The van der Waals surface area contributed by atoms with E-state index < -0.39 is 0 Å². The number of rotatable bonds is 16. The average molecular weight is 358 g/mol. The normalized spacial score (nSPS) is 11.2. The van der Waals surface area contributed by atoms with Crippen molar-refractivity contribution in [2.75, 3.05) is 0 Å². The van der Waals surface area contributed by atoms with Gasteiger partial charge in [-0.05, 0) is 74.1 Å². The lowest BCUT2D eigenvalue weighted by Gasteiger charge is -2.18. The Labute approximate surface area is 165 Å². The van der Waals surface area contributed by atoms with E-state index in [0.29, 0.717) is 0 Å². The Morgan fingerprint density at radius 1 is 0.577 bits per heavy atom. The third-order valence-corrected chi connectivity index (χ3v) is 5.66. The van der Waals surface area contributed by atoms with E-state index in [-0.39, 0.29) is 0 Å². The zero-order valence-electron chi connectivity index (χ0n) is 18.2. The Morgan fingerprint density at radius 2 is 1.00 bits per heavy atom. The number of aryl methyl sites for hydroxylation is 2. The highest BCUT2D eigenvalue weighted by atomic mass is 14.2. The first-order valence-electron chi connectivity index (χ1n) is 11.7. The fourth-order valence-corrected chi connectivity index (χ4v) is 3.99. The van der Waals surface area contributed by atoms with Crippen molar-refractivity contribution in [2.24, 2.45) is 0 Å². The molecule has 0 spiro atoms. The summed E-state index contributed by atoms with van der Waals surface area (Å²) in [5.41, 5.74) is 6.48. The fourth-order valence-electron chi connectivity index (χ4n) is 3.99. The zero-order chi connectivity index (χ0) is 19.0. The van der Waals surface area contributed by atoms with Crippen molar-refractivity contribution < 1.29 is 0 Å². The standard InChI is InChI=1S/C26H45/c1-5-9-12-15-18-24-21-23(8-4)22-25(19-16-13-10-6-2)26(24)20-17-14-11-7-3/h21-22H,4-20H2,1-3H3. The maximum absolute atomic E-state index is 4.17. The lowest BCUT2D eigenvalue weighted by Crippen LogP contribution is -2.04. The molecule has 0 bridgehead atoms. The zero-order valence-corrected chi connectivity index (χ0v) is 18.2. The van der Waals surface area contributed by atoms with Gasteiger partial charge in [-0.3, -0.25) is 0 Å². The van der Waals surface area contributed by atoms with Gasteiger partial charge in [0.1, 0.15) is 0 Å². The Kier molecular flexibility index (Phi) is 13.7. The van der Waals surface area contributed by atoms with Crippen LogP contribution in [0.25, 0.3) is 0 Å². The van der Waals surface area contributed by atoms with Gasteiger partial charge in [0.05, 0.1) is 0 Å². The molecule has 0 amide bonds. The lowest BCUT2D eigenvalue weighted by atomic mass is 9.88. The Hall–Kier alpha value is -0.780. The third-order valence-electron chi connectivity index (χ3n) is 5.66. The number of hydrogen-bond acceptors (Lipinski definition) is 0. The second-order valence-corrected chi connectivity index (χ2v) is 8.07. The molecule has 0 aliphatic heterocycles. The van der Waals surface area contributed by atoms with Gasteiger partial charge in [-0.25, -0.2) is 0 Å². The van der Waals surface area contributed by atoms with E-state index in [9.17, 15) is 0 Å². The molecule has 0 nitrogen and oxygen atoms in total. The van der Waals surface area contributed by atoms with Gasteiger partial charge in [0.15, 0.2) is 0 Å². The Bertz CT molecular complexity index is 424. The first kappa shape index (κ1) is 23.3. The van der Waals surface area contributed by atoms with Crippen LogP contribution in [0.15, 0.2) is 12.1 Å². The molecule has 0 aliphatic rings. The van der Waals surface area contributed by atoms with Crippen LogP contribution in [0, 0.1) is 6.92 Å². The molecular weight excluding hydrogens is 312 g/mol. The Morgan fingerprint density at radius 3 is 1.38 bits per heavy atom. The number of benzene rings is 1. The van der Waals surface area contributed by atoms with E-state index in [1.165, 1.54) is 102 Å². The second-order valence-electron chi connectivity index (χ2n) is 8.07. The summed E-state index contributed by atoms with van der Waals surface area (Å²) in [7, 11) is 0. The molecule has 0 aliphatic carbocycles. The molecule has 0 aromatic heterocycles. The van der Waals surface area contributed by atoms with Crippen LogP contribution < -0.4 is 0 Å². The predicted molar refractivity (Wildman–Crippen MR) is 119 cm³/mol. The van der Waals surface area contributed by atoms with Gasteiger partial charge in [0.25, 0.3) is 0 Å². The minimum Gasteiger partial charge on any atom is -0.0654 e. The molecule has 149 valence electrons. The average Bonchev–Trinajstić information content (AvgIpc) is 2.66. The summed E-state index contributed by atoms with van der Waals surface area (Å²) < 4.78 is 0. The minimum atomic E-state index is 0.931. The third kappa shape index (κ3) is 9.24. The monoisotopic (exact) mass is 357 g/mol. The van der Waals surface area contributed by atoms with Gasteiger partial charge in [-0.2, -0.15) is 0 Å². The molecule has 1 aromatic carbocycles. The van der Waals surface area contributed by atoms with E-state index in [0.717, 1.165) is 6.42 Å². The maximum atomic E-state index is 4.17. The molecule has 0 heteroatoms. The molecule has 0 unspecified atom stereocenters. The van der Waals surface area contributed by atoms with Gasteiger partial charge < -0.3 is 0 Å². The number of unbranched alkanes of at least 4 members (excludes halogenated alkanes) is 9. The first-order chi connectivity index (χ1) is 12.8. The van der Waals surface area contributed by atoms with Crippen LogP contribution in [0.5, 0.6) is 0 Å². The van der Waals surface area contributed by atoms with E-state index in [4.69, 9.17) is 0 Å². The molecule has 0 saturated carbocycles. The molecule has 0 heterocycles. The van der Waals surface area contributed by atoms with Crippen LogP contribution in [0.2, 0.25) is 0 Å². The van der Waals surface area contributed by atoms with Crippen molar-refractivity contribution in [2.45, 2.75) is 124 Å². The fraction of sp³-hybridized carbons (Fsp3) is 0.731. The van der Waals surface area contributed by atoms with E-state index in [2.05, 4.69) is 39.8 Å². The van der Waals surface area contributed by atoms with E-state index >= 15 is 0 Å². The second kappa shape index (κ2) is 15.3. The van der Waals surface area contributed by atoms with Gasteiger partial charge in [0.2, 0.25) is 0 Å². The molecule has 1 rings (SSSR count). The lowest BCUT2D eigenvalue weighted by molar-refractivity contribution is 0.639. The topological polar surface area (TPSA) is 0 Å². The largest absolute Gasteiger partial charge is 0.0654 e. The summed E-state index contributed by atoms with van der Waals surface area (Å²) in [4.78, 5) is 0. The molecule has 26 heavy (non-hydrogen) atoms. The van der Waals surface area contributed by atoms with Crippen molar-refractivity contribution >= 4 is 0 Å². The minimum absolute atomic E-state index is 0.931. The van der Waals surface area contributed by atoms with Crippen molar-refractivity contribution in [3.05, 3.63) is 41.3 Å². The highest BCUT2D eigenvalue weighted by Crippen LogP contribution is 2.25. The van der Waals surface area contributed by atoms with E-state index in [1.54, 1.807) is 16.7 Å². The van der Waals surface area contributed by atoms with Crippen LogP contribution in [-0.4, -0.2) is 0 Å². The van der Waals surface area contributed by atoms with Crippen LogP contribution >= 0.6 is 0 Å². The first-order valence-corrected chi connectivity index (χ1v) is 11.7. The highest BCUT2D eigenvalue weighted by Gasteiger charge is 2.11. The van der Waals surface area contributed by atoms with Gasteiger partial charge in [0, 0.05) is 0 Å². The molecule has 0 saturated heterocycles. The van der Waals surface area contributed by atoms with Crippen LogP contribution in [-0.2, 0) is 25.7 Å². The van der Waals surface area contributed by atoms with Gasteiger partial charge >= 0.3 is 0 Å². The molecule has 0 N–H and O–H groups in total. The van der Waals surface area contributed by atoms with Crippen molar-refractivity contribution in [1.29, 1.82) is 0 Å².